The third-order valence-electron chi connectivity index (χ3n) is 14.1. The lowest BCUT2D eigenvalue weighted by atomic mass is 9.47. The molecule has 5 aliphatic rings. The minimum atomic E-state index is -0.170. The average Bonchev–Trinajstić information content (AvgIpc) is 3.63. The van der Waals surface area contributed by atoms with Crippen molar-refractivity contribution in [3.63, 3.8) is 0 Å². The predicted octanol–water partition coefficient (Wildman–Crippen LogP) is 7.56. The van der Waals surface area contributed by atoms with E-state index in [1.807, 2.05) is 11.0 Å². The van der Waals surface area contributed by atoms with Gasteiger partial charge in [-0.2, -0.15) is 0 Å². The Kier molecular flexibility index (Phi) is 8.88. The maximum absolute atomic E-state index is 14.6. The smallest absolute Gasteiger partial charge is 0.239 e. The highest BCUT2D eigenvalue weighted by Gasteiger charge is 2.60. The van der Waals surface area contributed by atoms with E-state index in [4.69, 9.17) is 0 Å². The number of hydrogen-bond donors (Lipinski definition) is 3. The first-order valence-electron chi connectivity index (χ1n) is 18.7. The van der Waals surface area contributed by atoms with E-state index in [0.717, 1.165) is 56.9 Å². The molecular weight excluding hydrogens is 570 g/mol. The number of allylic oxidation sites excluding steroid dienone is 1. The van der Waals surface area contributed by atoms with E-state index < -0.39 is 0 Å². The summed E-state index contributed by atoms with van der Waals surface area (Å²) < 4.78 is 0. The predicted molar refractivity (Wildman–Crippen MR) is 184 cm³/mol. The third kappa shape index (κ3) is 5.75. The normalized spacial score (nSPS) is 35.0. The minimum absolute atomic E-state index is 0.00182. The molecule has 0 radical (unpaired) electrons. The summed E-state index contributed by atoms with van der Waals surface area (Å²) in [5.41, 5.74) is 4.22. The SMILES string of the molecule is CC(C(=O)N(CCc1c[nH]c2ccccc12)CC(=O)NC1CCCCC1)[C@H]1CC[C@H]2[C@@H]3CC=C4C[C@@H](O)CC[C@]4(C)[C@H]3CC[C@]12C. The zero-order chi connectivity index (χ0) is 32.1. The van der Waals surface area contributed by atoms with Crippen LogP contribution in [0, 0.1) is 40.4 Å². The molecule has 0 spiro atoms. The average molecular weight is 628 g/mol. The van der Waals surface area contributed by atoms with Crippen LogP contribution in [-0.2, 0) is 16.0 Å². The molecule has 0 saturated heterocycles. The van der Waals surface area contributed by atoms with E-state index in [-0.39, 0.29) is 47.3 Å². The maximum Gasteiger partial charge on any atom is 0.239 e. The molecule has 4 saturated carbocycles. The number of aromatic nitrogens is 1. The fourth-order valence-corrected chi connectivity index (χ4v) is 11.5. The Morgan fingerprint density at radius 1 is 1.02 bits per heavy atom. The van der Waals surface area contributed by atoms with Gasteiger partial charge in [-0.3, -0.25) is 9.59 Å². The van der Waals surface area contributed by atoms with E-state index in [9.17, 15) is 14.7 Å². The second-order valence-corrected chi connectivity index (χ2v) is 16.4. The Hall–Kier alpha value is -2.60. The third-order valence-corrected chi connectivity index (χ3v) is 14.1. The summed E-state index contributed by atoms with van der Waals surface area (Å²) >= 11 is 0. The second kappa shape index (κ2) is 12.8. The number of nitrogens with zero attached hydrogens (tertiary/aromatic N) is 1. The van der Waals surface area contributed by atoms with Gasteiger partial charge in [-0.25, -0.2) is 0 Å². The van der Waals surface area contributed by atoms with Gasteiger partial charge in [0, 0.05) is 35.6 Å². The standard InChI is InChI=1S/C40H57N3O3/c1-26(33-15-16-34-32-14-13-28-23-30(44)17-20-39(28,2)35(32)18-21-40(33,34)3)38(46)43(25-37(45)42-29-9-5-4-6-10-29)22-19-27-24-41-36-12-8-7-11-31(27)36/h7-8,11-13,24,26,29-30,32-35,41,44H,4-6,9-10,14-23,25H2,1-3H3,(H,42,45)/t26?,30-,32-,33+,34-,35-,39-,40+/m0/s1. The highest BCUT2D eigenvalue weighted by molar-refractivity contribution is 5.86. The molecule has 1 aromatic carbocycles. The Bertz CT molecular complexity index is 1460. The van der Waals surface area contributed by atoms with Crippen molar-refractivity contribution in [2.24, 2.45) is 40.4 Å². The van der Waals surface area contributed by atoms with Crippen molar-refractivity contribution in [2.45, 2.75) is 123 Å². The zero-order valence-corrected chi connectivity index (χ0v) is 28.5. The number of rotatable bonds is 8. The van der Waals surface area contributed by atoms with Crippen molar-refractivity contribution in [1.82, 2.24) is 15.2 Å². The first kappa shape index (κ1) is 32.0. The molecule has 6 heteroatoms. The molecule has 7 rings (SSSR count). The van der Waals surface area contributed by atoms with Crippen molar-refractivity contribution in [3.05, 3.63) is 47.7 Å². The number of benzene rings is 1. The molecule has 46 heavy (non-hydrogen) atoms. The van der Waals surface area contributed by atoms with Gasteiger partial charge in [-0.15, -0.1) is 0 Å². The van der Waals surface area contributed by atoms with Crippen LogP contribution in [0.3, 0.4) is 0 Å². The lowest BCUT2D eigenvalue weighted by molar-refractivity contribution is -0.143. The molecule has 1 heterocycles. The van der Waals surface area contributed by atoms with Crippen molar-refractivity contribution < 1.29 is 14.7 Å². The quantitative estimate of drug-likeness (QED) is 0.264. The number of amides is 2. The summed E-state index contributed by atoms with van der Waals surface area (Å²) in [5, 5.41) is 14.9. The van der Waals surface area contributed by atoms with E-state index in [1.54, 1.807) is 0 Å². The number of aliphatic hydroxyl groups is 1. The van der Waals surface area contributed by atoms with Crippen molar-refractivity contribution in [3.8, 4) is 0 Å². The van der Waals surface area contributed by atoms with Gasteiger partial charge in [0.15, 0.2) is 0 Å². The van der Waals surface area contributed by atoms with Gasteiger partial charge in [0.2, 0.25) is 11.8 Å². The van der Waals surface area contributed by atoms with Crippen molar-refractivity contribution in [1.29, 1.82) is 0 Å². The van der Waals surface area contributed by atoms with E-state index >= 15 is 0 Å². The zero-order valence-electron chi connectivity index (χ0n) is 28.5. The Morgan fingerprint density at radius 3 is 2.65 bits per heavy atom. The van der Waals surface area contributed by atoms with Crippen LogP contribution in [0.2, 0.25) is 0 Å². The van der Waals surface area contributed by atoms with Crippen LogP contribution >= 0.6 is 0 Å². The molecule has 0 aliphatic heterocycles. The van der Waals surface area contributed by atoms with E-state index in [2.05, 4.69) is 61.5 Å². The number of carbonyl (C=O) groups excluding carboxylic acids is 2. The summed E-state index contributed by atoms with van der Waals surface area (Å²) in [5.74, 6) is 2.40. The number of H-pyrrole nitrogens is 1. The van der Waals surface area contributed by atoms with Crippen LogP contribution in [0.15, 0.2) is 42.1 Å². The molecule has 2 aromatic rings. The lowest BCUT2D eigenvalue weighted by Gasteiger charge is -2.58. The molecule has 1 unspecified atom stereocenters. The topological polar surface area (TPSA) is 85.4 Å². The maximum atomic E-state index is 14.6. The number of hydrogen-bond acceptors (Lipinski definition) is 3. The van der Waals surface area contributed by atoms with Gasteiger partial charge in [-0.1, -0.05) is 69.9 Å². The number of para-hydroxylation sites is 1. The molecule has 8 atom stereocenters. The highest BCUT2D eigenvalue weighted by Crippen LogP contribution is 2.67. The summed E-state index contributed by atoms with van der Waals surface area (Å²) in [7, 11) is 0. The largest absolute Gasteiger partial charge is 0.393 e. The summed E-state index contributed by atoms with van der Waals surface area (Å²) in [6.07, 6.45) is 19.6. The molecule has 6 nitrogen and oxygen atoms in total. The van der Waals surface area contributed by atoms with Crippen molar-refractivity contribution in [2.75, 3.05) is 13.1 Å². The molecule has 1 aromatic heterocycles. The number of aliphatic hydroxyl groups excluding tert-OH is 1. The highest BCUT2D eigenvalue weighted by atomic mass is 16.3. The Morgan fingerprint density at radius 2 is 1.83 bits per heavy atom. The van der Waals surface area contributed by atoms with Gasteiger partial charge in [-0.05, 0) is 117 Å². The number of carbonyl (C=O) groups is 2. The number of aromatic amines is 1. The van der Waals surface area contributed by atoms with Crippen molar-refractivity contribution >= 4 is 22.7 Å². The number of nitrogens with one attached hydrogen (secondary N) is 2. The molecule has 2 amide bonds. The molecule has 5 aliphatic carbocycles. The fourth-order valence-electron chi connectivity index (χ4n) is 11.5. The van der Waals surface area contributed by atoms with Gasteiger partial charge >= 0.3 is 0 Å². The monoisotopic (exact) mass is 627 g/mol. The van der Waals surface area contributed by atoms with Gasteiger partial charge in [0.05, 0.1) is 12.6 Å². The lowest BCUT2D eigenvalue weighted by Crippen LogP contribution is -2.52. The van der Waals surface area contributed by atoms with Crippen LogP contribution in [0.5, 0.6) is 0 Å². The van der Waals surface area contributed by atoms with E-state index in [1.165, 1.54) is 55.0 Å². The Labute approximate surface area is 276 Å². The fraction of sp³-hybridized carbons (Fsp3) is 0.700. The van der Waals surface area contributed by atoms with E-state index in [0.29, 0.717) is 30.2 Å². The van der Waals surface area contributed by atoms with Crippen LogP contribution in [-0.4, -0.2) is 52.0 Å². The first-order valence-corrected chi connectivity index (χ1v) is 18.7. The number of fused-ring (bicyclic) bond motifs is 6. The summed E-state index contributed by atoms with van der Waals surface area (Å²) in [6, 6.07) is 8.58. The van der Waals surface area contributed by atoms with Gasteiger partial charge < -0.3 is 20.3 Å². The molecule has 3 N–H and O–H groups in total. The second-order valence-electron chi connectivity index (χ2n) is 16.4. The summed E-state index contributed by atoms with van der Waals surface area (Å²) in [4.78, 5) is 33.3. The first-order chi connectivity index (χ1) is 22.2. The molecule has 0 bridgehead atoms. The molecule has 4 fully saturated rings. The van der Waals surface area contributed by atoms with Crippen LogP contribution in [0.1, 0.15) is 110 Å². The van der Waals surface area contributed by atoms with Gasteiger partial charge in [0.1, 0.15) is 0 Å². The summed E-state index contributed by atoms with van der Waals surface area (Å²) in [6.45, 7) is 7.88. The molecular formula is C40H57N3O3. The Balaban J connectivity index is 1.08. The van der Waals surface area contributed by atoms with Crippen LogP contribution in [0.4, 0.5) is 0 Å². The molecule has 250 valence electrons. The minimum Gasteiger partial charge on any atom is -0.393 e. The van der Waals surface area contributed by atoms with Crippen LogP contribution < -0.4 is 5.32 Å². The van der Waals surface area contributed by atoms with Crippen LogP contribution in [0.25, 0.3) is 10.9 Å². The van der Waals surface area contributed by atoms with Gasteiger partial charge in [0.25, 0.3) is 0 Å².